The molecule has 3 heterocycles. The van der Waals surface area contributed by atoms with Crippen LogP contribution in [0.15, 0.2) is 48.8 Å². The molecule has 3 aromatic rings. The molecule has 4 rings (SSSR count). The number of rotatable bonds is 16. The summed E-state index contributed by atoms with van der Waals surface area (Å²) in [5, 5.41) is 14.5. The van der Waals surface area contributed by atoms with Crippen LogP contribution < -0.4 is 5.32 Å². The van der Waals surface area contributed by atoms with Crippen LogP contribution in [-0.2, 0) is 34.1 Å². The Balaban J connectivity index is 1.28. The Bertz CT molecular complexity index is 1510. The molecule has 0 radical (unpaired) electrons. The average molecular weight is 687 g/mol. The van der Waals surface area contributed by atoms with Gasteiger partial charge in [-0.2, -0.15) is 0 Å². The number of aryl methyl sites for hydroxylation is 1. The number of anilines is 2. The number of aromatic nitrogens is 3. The van der Waals surface area contributed by atoms with Crippen molar-refractivity contribution in [2.24, 2.45) is 11.8 Å². The van der Waals surface area contributed by atoms with Gasteiger partial charge in [0.25, 0.3) is 6.43 Å². The van der Waals surface area contributed by atoms with Crippen molar-refractivity contribution in [2.45, 2.75) is 71.5 Å². The maximum absolute atomic E-state index is 13.1. The third kappa shape index (κ3) is 10.9. The van der Waals surface area contributed by atoms with Crippen LogP contribution in [0.1, 0.15) is 69.7 Å². The van der Waals surface area contributed by atoms with Crippen molar-refractivity contribution in [1.29, 1.82) is 0 Å². The van der Waals surface area contributed by atoms with E-state index in [0.29, 0.717) is 61.7 Å². The minimum Gasteiger partial charge on any atom is -0.427 e. The van der Waals surface area contributed by atoms with Crippen LogP contribution in [0.25, 0.3) is 11.3 Å². The van der Waals surface area contributed by atoms with Crippen LogP contribution in [-0.4, -0.2) is 71.5 Å². The number of ether oxygens (including phenoxy) is 5. The maximum Gasteiger partial charge on any atom is 0.511 e. The first-order valence-corrected chi connectivity index (χ1v) is 16.3. The molecule has 1 saturated carbocycles. The Hall–Kier alpha value is -4.27. The largest absolute Gasteiger partial charge is 0.511 e. The number of carbonyl (C=O) groups is 2. The van der Waals surface area contributed by atoms with Gasteiger partial charge in [-0.15, -0.1) is 0 Å². The van der Waals surface area contributed by atoms with Gasteiger partial charge in [-0.05, 0) is 101 Å². The zero-order chi connectivity index (χ0) is 35.4. The first-order chi connectivity index (χ1) is 23.5. The molecule has 0 saturated heterocycles. The lowest BCUT2D eigenvalue weighted by molar-refractivity contribution is -0.161. The molecule has 49 heavy (non-hydrogen) atoms. The molecule has 1 atom stereocenters. The fourth-order valence-electron chi connectivity index (χ4n) is 5.64. The summed E-state index contributed by atoms with van der Waals surface area (Å²) in [6.45, 7) is 7.90. The molecule has 1 aliphatic rings. The Morgan fingerprint density at radius 2 is 1.69 bits per heavy atom. The quantitative estimate of drug-likeness (QED) is 0.123. The Labute approximate surface area is 284 Å². The fraction of sp³-hybridized carbons (Fsp3) is 0.514. The van der Waals surface area contributed by atoms with E-state index in [1.54, 1.807) is 25.3 Å². The van der Waals surface area contributed by atoms with Crippen molar-refractivity contribution in [3.05, 3.63) is 65.6 Å². The zero-order valence-electron chi connectivity index (χ0n) is 28.2. The first kappa shape index (κ1) is 37.5. The molecule has 2 N–H and O–H groups in total. The molecule has 1 fully saturated rings. The predicted molar refractivity (Wildman–Crippen MR) is 175 cm³/mol. The van der Waals surface area contributed by atoms with E-state index in [9.17, 15) is 23.5 Å². The highest BCUT2D eigenvalue weighted by atomic mass is 19.3. The Morgan fingerprint density at radius 3 is 2.33 bits per heavy atom. The second-order valence-corrected chi connectivity index (χ2v) is 12.0. The number of nitrogens with one attached hydrogen (secondary N) is 1. The monoisotopic (exact) mass is 686 g/mol. The van der Waals surface area contributed by atoms with E-state index in [-0.39, 0.29) is 30.5 Å². The van der Waals surface area contributed by atoms with Crippen LogP contribution in [0, 0.1) is 18.8 Å². The highest BCUT2D eigenvalue weighted by molar-refractivity contribution is 5.72. The Kier molecular flexibility index (Phi) is 13.7. The third-order valence-corrected chi connectivity index (χ3v) is 8.35. The summed E-state index contributed by atoms with van der Waals surface area (Å²) in [5.74, 6) is -0.337. The molecule has 0 spiro atoms. The van der Waals surface area contributed by atoms with E-state index in [0.717, 1.165) is 5.56 Å². The van der Waals surface area contributed by atoms with Gasteiger partial charge in [-0.1, -0.05) is 0 Å². The molecule has 0 aliphatic heterocycles. The Morgan fingerprint density at radius 1 is 0.980 bits per heavy atom. The normalized spacial score (nSPS) is 17.4. The van der Waals surface area contributed by atoms with E-state index in [2.05, 4.69) is 20.3 Å². The number of carbonyl (C=O) groups excluding carboxylic acids is 2. The van der Waals surface area contributed by atoms with E-state index in [1.165, 1.54) is 18.3 Å². The lowest BCUT2D eigenvalue weighted by Crippen LogP contribution is -2.37. The molecule has 0 bridgehead atoms. The summed E-state index contributed by atoms with van der Waals surface area (Å²) in [5.41, 5.74) is 1.29. The van der Waals surface area contributed by atoms with Gasteiger partial charge in [-0.3, -0.25) is 9.78 Å². The number of esters is 1. The number of pyridine rings is 3. The van der Waals surface area contributed by atoms with Crippen LogP contribution in [0.2, 0.25) is 0 Å². The average Bonchev–Trinajstić information content (AvgIpc) is 3.09. The van der Waals surface area contributed by atoms with Gasteiger partial charge in [0, 0.05) is 36.7 Å². The molecule has 14 heteroatoms. The molecule has 12 nitrogen and oxygen atoms in total. The van der Waals surface area contributed by atoms with E-state index >= 15 is 0 Å². The lowest BCUT2D eigenvalue weighted by atomic mass is 9.73. The third-order valence-electron chi connectivity index (χ3n) is 8.35. The zero-order valence-corrected chi connectivity index (χ0v) is 28.2. The van der Waals surface area contributed by atoms with E-state index in [4.69, 9.17) is 23.7 Å². The number of hydrogen-bond donors (Lipinski definition) is 2. The summed E-state index contributed by atoms with van der Waals surface area (Å²) in [7, 11) is 0. The van der Waals surface area contributed by atoms with Gasteiger partial charge in [0.05, 0.1) is 30.5 Å². The molecular weight excluding hydrogens is 642 g/mol. The van der Waals surface area contributed by atoms with Crippen LogP contribution in [0.4, 0.5) is 25.2 Å². The molecule has 266 valence electrons. The molecular formula is C35H44F2N4O8. The van der Waals surface area contributed by atoms with Gasteiger partial charge < -0.3 is 34.1 Å². The number of hydrogen-bond acceptors (Lipinski definition) is 12. The number of alkyl halides is 2. The van der Waals surface area contributed by atoms with Gasteiger partial charge in [-0.25, -0.2) is 23.5 Å². The van der Waals surface area contributed by atoms with Crippen molar-refractivity contribution >= 4 is 23.8 Å². The molecule has 0 amide bonds. The summed E-state index contributed by atoms with van der Waals surface area (Å²) < 4.78 is 52.1. The van der Waals surface area contributed by atoms with Crippen molar-refractivity contribution in [2.75, 3.05) is 38.5 Å². The van der Waals surface area contributed by atoms with Gasteiger partial charge in [0.15, 0.2) is 6.10 Å². The number of aliphatic hydroxyl groups is 1. The van der Waals surface area contributed by atoms with E-state index < -0.39 is 43.0 Å². The van der Waals surface area contributed by atoms with Crippen molar-refractivity contribution in [1.82, 2.24) is 15.0 Å². The van der Waals surface area contributed by atoms with Crippen LogP contribution in [0.5, 0.6) is 0 Å². The number of halogens is 2. The van der Waals surface area contributed by atoms with Crippen LogP contribution in [0.3, 0.4) is 0 Å². The second kappa shape index (κ2) is 17.9. The minimum absolute atomic E-state index is 0.143. The number of nitrogens with zero attached hydrogens (tertiary/aromatic N) is 3. The summed E-state index contributed by atoms with van der Waals surface area (Å²) in [4.78, 5) is 38.0. The maximum atomic E-state index is 13.1. The SMILES string of the molecule is CCOCC(COCC)OC(=O)OCOC(=O)C1CCC([C@@](C)(O)c2ccc(-c3cc(C)cc(Nc4cc(C(F)F)ccn4)n3)cn2)CC1. The van der Waals surface area contributed by atoms with Crippen molar-refractivity contribution in [3.63, 3.8) is 0 Å². The highest BCUT2D eigenvalue weighted by Crippen LogP contribution is 2.41. The molecule has 0 unspecified atom stereocenters. The standard InChI is InChI=1S/C35H44F2N4O8/c1-5-45-19-27(20-46-6-2)49-34(43)48-21-47-33(42)23-7-10-26(11-8-23)35(4,44)29-12-9-25(18-39-29)28-15-22(3)16-31(40-28)41-30-17-24(32(36)37)13-14-38-30/h9,12-18,23,26-27,32,44H,5-8,10-11,19-21H2,1-4H3,(H,38,40,41)/t23?,26?,35-/m1/s1. The first-order valence-electron chi connectivity index (χ1n) is 16.3. The van der Waals surface area contributed by atoms with Crippen LogP contribution >= 0.6 is 0 Å². The smallest absolute Gasteiger partial charge is 0.427 e. The highest BCUT2D eigenvalue weighted by Gasteiger charge is 2.39. The van der Waals surface area contributed by atoms with Crippen molar-refractivity contribution in [3.8, 4) is 11.3 Å². The molecule has 3 aromatic heterocycles. The predicted octanol–water partition coefficient (Wildman–Crippen LogP) is 6.64. The van der Waals surface area contributed by atoms with Crippen molar-refractivity contribution < 1.29 is 47.2 Å². The summed E-state index contributed by atoms with van der Waals surface area (Å²) in [6, 6.07) is 9.77. The minimum atomic E-state index is -2.61. The van der Waals surface area contributed by atoms with Gasteiger partial charge >= 0.3 is 12.1 Å². The second-order valence-electron chi connectivity index (χ2n) is 12.0. The topological polar surface area (TPSA) is 151 Å². The fourth-order valence-corrected chi connectivity index (χ4v) is 5.64. The van der Waals surface area contributed by atoms with Gasteiger partial charge in [0.2, 0.25) is 6.79 Å². The molecule has 0 aromatic carbocycles. The van der Waals surface area contributed by atoms with E-state index in [1.807, 2.05) is 32.9 Å². The lowest BCUT2D eigenvalue weighted by Gasteiger charge is -2.37. The summed E-state index contributed by atoms with van der Waals surface area (Å²) >= 11 is 0. The van der Waals surface area contributed by atoms with Gasteiger partial charge in [0.1, 0.15) is 17.2 Å². The molecule has 1 aliphatic carbocycles. The summed E-state index contributed by atoms with van der Waals surface area (Å²) in [6.07, 6.45) is 0.812.